The molecule has 6 fully saturated rings. The van der Waals surface area contributed by atoms with Gasteiger partial charge in [-0.1, -0.05) is 33.8 Å². The molecule has 14 nitrogen and oxygen atoms in total. The van der Waals surface area contributed by atoms with Crippen molar-refractivity contribution in [3.8, 4) is 0 Å². The van der Waals surface area contributed by atoms with Crippen LogP contribution >= 0.6 is 0 Å². The van der Waals surface area contributed by atoms with E-state index in [0.29, 0.717) is 76.9 Å². The summed E-state index contributed by atoms with van der Waals surface area (Å²) in [6.45, 7) is 16.1. The smallest absolute Gasteiger partial charge is 0.318 e. The van der Waals surface area contributed by atoms with Gasteiger partial charge in [-0.15, -0.1) is 0 Å². The highest BCUT2D eigenvalue weighted by atomic mass is 16.5. The summed E-state index contributed by atoms with van der Waals surface area (Å²) in [5.74, 6) is 1.56. The second kappa shape index (κ2) is 19.8. The Bertz CT molecular complexity index is 2200. The zero-order valence-electron chi connectivity index (χ0n) is 40.6. The molecule has 1 aromatic rings. The summed E-state index contributed by atoms with van der Waals surface area (Å²) >= 11 is 0. The summed E-state index contributed by atoms with van der Waals surface area (Å²) < 4.78 is 10.9. The molecule has 7 heterocycles. The van der Waals surface area contributed by atoms with Crippen molar-refractivity contribution in [2.75, 3.05) is 83.7 Å². The zero-order chi connectivity index (χ0) is 46.3. The van der Waals surface area contributed by atoms with Gasteiger partial charge < -0.3 is 39.3 Å². The summed E-state index contributed by atoms with van der Waals surface area (Å²) in [6.07, 6.45) is 15.8. The van der Waals surface area contributed by atoms with Crippen molar-refractivity contribution >= 4 is 46.4 Å². The minimum atomic E-state index is -0.574. The third kappa shape index (κ3) is 9.22. The van der Waals surface area contributed by atoms with Crippen LogP contribution in [0.4, 0.5) is 10.5 Å². The van der Waals surface area contributed by atoms with Crippen LogP contribution < -0.4 is 10.2 Å². The number of morpholine rings is 2. The lowest BCUT2D eigenvalue weighted by Gasteiger charge is -2.37. The molecular formula is C53H74N8O6. The molecule has 10 rings (SSSR count). The molecule has 9 aliphatic rings. The van der Waals surface area contributed by atoms with Crippen LogP contribution in [0.2, 0.25) is 0 Å². The normalized spacial score (nSPS) is 27.4. The number of hydrogen-bond donors (Lipinski definition) is 1. The minimum absolute atomic E-state index is 0.00519. The predicted molar refractivity (Wildman–Crippen MR) is 260 cm³/mol. The van der Waals surface area contributed by atoms with E-state index in [9.17, 15) is 19.2 Å². The SMILES string of the molecule is CC(C)[C@H](CC(=O)N1CCOCC1)C(=O)N1CCC[C@H]1C1=NC=C(c2ccc(N3CCC(C4=CN=C([C@@H]5CCCN5C(=O)[C@@H](NC(=O)N5CCOCC5)C(C)C)C4)CC3)c3c2C2CCC3C2)C1. The van der Waals surface area contributed by atoms with Gasteiger partial charge in [0.25, 0.3) is 0 Å². The lowest BCUT2D eigenvalue weighted by Crippen LogP contribution is -2.57. The number of carbonyl (C=O) groups is 4. The molecular weight excluding hydrogens is 845 g/mol. The van der Waals surface area contributed by atoms with E-state index in [0.717, 1.165) is 82.4 Å². The highest BCUT2D eigenvalue weighted by molar-refractivity contribution is 6.04. The van der Waals surface area contributed by atoms with Crippen LogP contribution in [0.5, 0.6) is 0 Å². The van der Waals surface area contributed by atoms with Crippen LogP contribution in [0.3, 0.4) is 0 Å². The van der Waals surface area contributed by atoms with Gasteiger partial charge in [0.05, 0.1) is 38.5 Å². The van der Waals surface area contributed by atoms with Gasteiger partial charge >= 0.3 is 6.03 Å². The molecule has 5 saturated heterocycles. The van der Waals surface area contributed by atoms with Gasteiger partial charge in [0, 0.05) is 107 Å². The molecule has 2 unspecified atom stereocenters. The molecule has 0 spiro atoms. The molecule has 67 heavy (non-hydrogen) atoms. The van der Waals surface area contributed by atoms with Gasteiger partial charge in [0.1, 0.15) is 6.04 Å². The fraction of sp³-hybridized carbons (Fsp3) is 0.698. The molecule has 14 heteroatoms. The van der Waals surface area contributed by atoms with Crippen molar-refractivity contribution < 1.29 is 28.7 Å². The van der Waals surface area contributed by atoms with E-state index in [1.165, 1.54) is 41.7 Å². The molecule has 6 atom stereocenters. The summed E-state index contributed by atoms with van der Waals surface area (Å²) in [4.78, 5) is 75.3. The lowest BCUT2D eigenvalue weighted by atomic mass is 9.82. The molecule has 1 aromatic carbocycles. The number of anilines is 1. The van der Waals surface area contributed by atoms with Crippen molar-refractivity contribution in [3.05, 3.63) is 46.8 Å². The number of amides is 5. The number of aliphatic imine (C=N–C) groups is 2. The average molecular weight is 919 g/mol. The van der Waals surface area contributed by atoms with Gasteiger partial charge in [0.2, 0.25) is 17.7 Å². The van der Waals surface area contributed by atoms with E-state index in [-0.39, 0.29) is 60.0 Å². The van der Waals surface area contributed by atoms with Crippen molar-refractivity contribution in [2.45, 2.75) is 135 Å². The number of likely N-dealkylation sites (tertiary alicyclic amines) is 2. The molecule has 2 aliphatic carbocycles. The van der Waals surface area contributed by atoms with Crippen LogP contribution in [0, 0.1) is 23.7 Å². The fourth-order valence-electron chi connectivity index (χ4n) is 13.2. The number of urea groups is 1. The van der Waals surface area contributed by atoms with Crippen LogP contribution in [-0.4, -0.2) is 152 Å². The first-order valence-corrected chi connectivity index (χ1v) is 26.1. The minimum Gasteiger partial charge on any atom is -0.378 e. The number of nitrogens with zero attached hydrogens (tertiary/aromatic N) is 7. The lowest BCUT2D eigenvalue weighted by molar-refractivity contribution is -0.144. The summed E-state index contributed by atoms with van der Waals surface area (Å²) in [5.41, 5.74) is 10.8. The molecule has 1 N–H and O–H groups in total. The quantitative estimate of drug-likeness (QED) is 0.245. The Morgan fingerprint density at radius 3 is 1.93 bits per heavy atom. The highest BCUT2D eigenvalue weighted by Crippen LogP contribution is 2.58. The second-order valence-corrected chi connectivity index (χ2v) is 21.6. The topological polar surface area (TPSA) is 140 Å². The van der Waals surface area contributed by atoms with Crippen molar-refractivity contribution in [2.24, 2.45) is 33.7 Å². The van der Waals surface area contributed by atoms with Crippen molar-refractivity contribution in [1.29, 1.82) is 0 Å². The summed E-state index contributed by atoms with van der Waals surface area (Å²) in [5, 5.41) is 3.08. The maximum absolute atomic E-state index is 14.3. The molecule has 5 amide bonds. The van der Waals surface area contributed by atoms with Crippen LogP contribution in [0.15, 0.2) is 40.1 Å². The molecule has 1 saturated carbocycles. The maximum atomic E-state index is 14.3. The Morgan fingerprint density at radius 1 is 0.657 bits per heavy atom. The summed E-state index contributed by atoms with van der Waals surface area (Å²) in [7, 11) is 0. The van der Waals surface area contributed by atoms with Gasteiger partial charge in [-0.2, -0.15) is 0 Å². The highest BCUT2D eigenvalue weighted by Gasteiger charge is 2.45. The summed E-state index contributed by atoms with van der Waals surface area (Å²) in [6, 6.07) is 4.01. The Morgan fingerprint density at radius 2 is 1.27 bits per heavy atom. The number of benzene rings is 1. The number of rotatable bonds is 12. The predicted octanol–water partition coefficient (Wildman–Crippen LogP) is 6.75. The Labute approximate surface area is 397 Å². The number of piperidine rings is 1. The third-order valence-corrected chi connectivity index (χ3v) is 17.0. The molecule has 0 aromatic heterocycles. The fourth-order valence-corrected chi connectivity index (χ4v) is 13.2. The molecule has 0 radical (unpaired) electrons. The number of hydrogen-bond acceptors (Lipinski definition) is 9. The number of ether oxygens (including phenoxy) is 2. The largest absolute Gasteiger partial charge is 0.378 e. The number of allylic oxidation sites excluding steroid dienone is 2. The Hall–Kier alpha value is -4.56. The van der Waals surface area contributed by atoms with E-state index in [4.69, 9.17) is 19.5 Å². The van der Waals surface area contributed by atoms with Crippen LogP contribution in [0.25, 0.3) is 5.57 Å². The van der Waals surface area contributed by atoms with Gasteiger partial charge in [-0.3, -0.25) is 24.4 Å². The van der Waals surface area contributed by atoms with E-state index in [1.807, 2.05) is 23.6 Å². The molecule has 7 aliphatic heterocycles. The molecule has 2 bridgehead atoms. The van der Waals surface area contributed by atoms with Crippen molar-refractivity contribution in [3.63, 3.8) is 0 Å². The Balaban J connectivity index is 0.756. The monoisotopic (exact) mass is 919 g/mol. The third-order valence-electron chi connectivity index (χ3n) is 17.0. The number of carbonyl (C=O) groups excluding carboxylic acids is 4. The average Bonchev–Trinajstić information content (AvgIpc) is 4.22. The van der Waals surface area contributed by atoms with Gasteiger partial charge in [-0.05, 0) is 121 Å². The molecule has 362 valence electrons. The first-order valence-electron chi connectivity index (χ1n) is 26.1. The Kier molecular flexibility index (Phi) is 13.7. The standard InChI is InChI=1S/C53H74N8O6/c1-33(2)41(30-47(62)58-19-23-66-24-20-58)51(63)60-15-5-7-44(60)43-29-39(32-55-43)40-11-12-46(49-37-10-9-36(27-37)48(40)49)57-17-13-35(14-18-57)38-28-42(54-31-38)45-8-6-16-61(45)52(64)50(34(3)4)56-53(65)59-21-25-67-26-22-59/h11-12,31-37,41,44-45,50H,5-10,13-30H2,1-4H3,(H,56,65)/t36?,37?,41-,44-,45-,50-/m0/s1. The zero-order valence-corrected chi connectivity index (χ0v) is 40.6. The van der Waals surface area contributed by atoms with E-state index in [1.54, 1.807) is 16.0 Å². The van der Waals surface area contributed by atoms with E-state index >= 15 is 0 Å². The maximum Gasteiger partial charge on any atom is 0.318 e. The first kappa shape index (κ1) is 46.2. The van der Waals surface area contributed by atoms with E-state index < -0.39 is 6.04 Å². The van der Waals surface area contributed by atoms with Gasteiger partial charge in [-0.25, -0.2) is 4.79 Å². The second-order valence-electron chi connectivity index (χ2n) is 21.6. The van der Waals surface area contributed by atoms with E-state index in [2.05, 4.69) is 53.5 Å². The number of fused-ring (bicyclic) bond motifs is 5. The van der Waals surface area contributed by atoms with Crippen LogP contribution in [0.1, 0.15) is 133 Å². The van der Waals surface area contributed by atoms with Crippen LogP contribution in [-0.2, 0) is 23.9 Å². The first-order chi connectivity index (χ1) is 32.5. The van der Waals surface area contributed by atoms with Gasteiger partial charge in [0.15, 0.2) is 0 Å². The van der Waals surface area contributed by atoms with Crippen molar-refractivity contribution in [1.82, 2.24) is 24.9 Å². The number of nitrogens with one attached hydrogen (secondary N) is 1.